The average molecular weight is 467 g/mol. The number of hydrogen-bond donors (Lipinski definition) is 2. The first kappa shape index (κ1) is 21.9. The number of halogens is 1. The Labute approximate surface area is 172 Å². The van der Waals surface area contributed by atoms with Crippen molar-refractivity contribution in [1.29, 1.82) is 0 Å². The number of nitrogens with one attached hydrogen (secondary N) is 2. The molecule has 2 N–H and O–H groups in total. The maximum Gasteiger partial charge on any atom is 0.252 e. The van der Waals surface area contributed by atoms with Crippen LogP contribution in [-0.4, -0.2) is 48.9 Å². The van der Waals surface area contributed by atoms with E-state index in [-0.39, 0.29) is 29.9 Å². The van der Waals surface area contributed by atoms with E-state index in [2.05, 4.69) is 51.8 Å². The van der Waals surface area contributed by atoms with Crippen LogP contribution in [0.1, 0.15) is 21.5 Å². The number of carbonyl (C=O) groups is 1. The van der Waals surface area contributed by atoms with E-state index in [1.54, 1.807) is 31.6 Å². The smallest absolute Gasteiger partial charge is 0.252 e. The molecule has 1 aromatic carbocycles. The molecular formula is C19H26IN5O. The van der Waals surface area contributed by atoms with E-state index in [0.29, 0.717) is 18.7 Å². The van der Waals surface area contributed by atoms with Gasteiger partial charge in [-0.2, -0.15) is 0 Å². The summed E-state index contributed by atoms with van der Waals surface area (Å²) in [5, 5.41) is 6.11. The molecule has 1 heterocycles. The first-order chi connectivity index (χ1) is 12.1. The lowest BCUT2D eigenvalue weighted by Crippen LogP contribution is -2.42. The van der Waals surface area contributed by atoms with Crippen molar-refractivity contribution in [1.82, 2.24) is 20.5 Å². The monoisotopic (exact) mass is 467 g/mol. The molecule has 140 valence electrons. The van der Waals surface area contributed by atoms with Gasteiger partial charge in [0.15, 0.2) is 5.96 Å². The highest BCUT2D eigenvalue weighted by Gasteiger charge is 2.07. The Morgan fingerprint density at radius 3 is 2.46 bits per heavy atom. The molecule has 0 fully saturated rings. The number of hydrogen-bond acceptors (Lipinski definition) is 3. The van der Waals surface area contributed by atoms with Crippen molar-refractivity contribution in [3.8, 4) is 0 Å². The Balaban J connectivity index is 0.00000338. The number of nitrogens with zero attached hydrogens (tertiary/aromatic N) is 3. The van der Waals surface area contributed by atoms with Crippen molar-refractivity contribution in [2.75, 3.05) is 27.2 Å². The van der Waals surface area contributed by atoms with Gasteiger partial charge in [0.05, 0.1) is 5.56 Å². The lowest BCUT2D eigenvalue weighted by Gasteiger charge is -2.22. The van der Waals surface area contributed by atoms with Gasteiger partial charge in [-0.15, -0.1) is 24.0 Å². The maximum absolute atomic E-state index is 11.9. The molecule has 2 rings (SSSR count). The van der Waals surface area contributed by atoms with Crippen LogP contribution in [0.2, 0.25) is 0 Å². The van der Waals surface area contributed by atoms with Crippen LogP contribution in [0.15, 0.2) is 53.8 Å². The van der Waals surface area contributed by atoms with E-state index < -0.39 is 0 Å². The third-order valence-electron chi connectivity index (χ3n) is 3.73. The molecule has 26 heavy (non-hydrogen) atoms. The van der Waals surface area contributed by atoms with E-state index in [4.69, 9.17) is 0 Å². The van der Waals surface area contributed by atoms with Crippen LogP contribution < -0.4 is 10.6 Å². The van der Waals surface area contributed by atoms with Gasteiger partial charge >= 0.3 is 0 Å². The number of carbonyl (C=O) groups excluding carboxylic acids is 1. The lowest BCUT2D eigenvalue weighted by atomic mass is 10.1. The molecule has 0 saturated carbocycles. The molecule has 7 heteroatoms. The second kappa shape index (κ2) is 11.5. The summed E-state index contributed by atoms with van der Waals surface area (Å²) in [6.45, 7) is 3.94. The molecule has 0 atom stereocenters. The first-order valence-corrected chi connectivity index (χ1v) is 8.25. The number of aliphatic imine (C=N–C) groups is 1. The normalized spacial score (nSPS) is 10.7. The van der Waals surface area contributed by atoms with Crippen molar-refractivity contribution in [2.45, 2.75) is 13.5 Å². The van der Waals surface area contributed by atoms with Crippen LogP contribution in [-0.2, 0) is 6.54 Å². The summed E-state index contributed by atoms with van der Waals surface area (Å²) in [6, 6.07) is 11.9. The quantitative estimate of drug-likeness (QED) is 0.297. The summed E-state index contributed by atoms with van der Waals surface area (Å²) in [5.74, 6) is 0.661. The van der Waals surface area contributed by atoms with Crippen molar-refractivity contribution < 1.29 is 4.79 Å². The molecule has 0 aliphatic carbocycles. The van der Waals surface area contributed by atoms with Gasteiger partial charge in [0.2, 0.25) is 0 Å². The van der Waals surface area contributed by atoms with Gasteiger partial charge in [0.1, 0.15) is 0 Å². The van der Waals surface area contributed by atoms with E-state index in [1.807, 2.05) is 11.9 Å². The standard InChI is InChI=1S/C19H25N5O.HI/c1-15-6-8-16(9-7-15)14-24(3)19(20-2)23-12-11-22-18(25)17-5-4-10-21-13-17;/h4-10,13H,11-12,14H2,1-3H3,(H,20,23)(H,22,25);1H. The zero-order chi connectivity index (χ0) is 18.1. The fourth-order valence-corrected chi connectivity index (χ4v) is 2.38. The van der Waals surface area contributed by atoms with Crippen LogP contribution in [0.25, 0.3) is 0 Å². The Bertz CT molecular complexity index is 704. The molecule has 0 aliphatic heterocycles. The Morgan fingerprint density at radius 1 is 1.15 bits per heavy atom. The third-order valence-corrected chi connectivity index (χ3v) is 3.73. The van der Waals surface area contributed by atoms with Gasteiger partial charge < -0.3 is 15.5 Å². The Morgan fingerprint density at radius 2 is 1.85 bits per heavy atom. The summed E-state index contributed by atoms with van der Waals surface area (Å²) in [4.78, 5) is 22.2. The van der Waals surface area contributed by atoms with E-state index in [9.17, 15) is 4.79 Å². The topological polar surface area (TPSA) is 69.6 Å². The van der Waals surface area contributed by atoms with Crippen LogP contribution in [0.4, 0.5) is 0 Å². The average Bonchev–Trinajstić information content (AvgIpc) is 2.64. The molecule has 0 spiro atoms. The minimum Gasteiger partial charge on any atom is -0.354 e. The summed E-state index contributed by atoms with van der Waals surface area (Å²) in [7, 11) is 3.74. The number of benzene rings is 1. The van der Waals surface area contributed by atoms with E-state index >= 15 is 0 Å². The summed E-state index contributed by atoms with van der Waals surface area (Å²) in [6.07, 6.45) is 3.20. The number of guanidine groups is 1. The molecule has 2 aromatic rings. The fourth-order valence-electron chi connectivity index (χ4n) is 2.38. The Hall–Kier alpha value is -2.16. The lowest BCUT2D eigenvalue weighted by molar-refractivity contribution is 0.0954. The van der Waals surface area contributed by atoms with Crippen molar-refractivity contribution >= 4 is 35.8 Å². The van der Waals surface area contributed by atoms with Gasteiger partial charge in [-0.3, -0.25) is 14.8 Å². The van der Waals surface area contributed by atoms with Gasteiger partial charge in [-0.05, 0) is 24.6 Å². The second-order valence-corrected chi connectivity index (χ2v) is 5.81. The van der Waals surface area contributed by atoms with Crippen LogP contribution in [0.5, 0.6) is 0 Å². The number of amides is 1. The van der Waals surface area contributed by atoms with Gasteiger partial charge in [-0.1, -0.05) is 29.8 Å². The largest absolute Gasteiger partial charge is 0.354 e. The molecule has 0 aliphatic rings. The minimum atomic E-state index is -0.127. The highest BCUT2D eigenvalue weighted by molar-refractivity contribution is 14.0. The summed E-state index contributed by atoms with van der Waals surface area (Å²) < 4.78 is 0. The number of pyridine rings is 1. The van der Waals surface area contributed by atoms with Crippen LogP contribution in [0.3, 0.4) is 0 Å². The molecule has 0 saturated heterocycles. The van der Waals surface area contributed by atoms with Crippen molar-refractivity contribution in [2.24, 2.45) is 4.99 Å². The summed E-state index contributed by atoms with van der Waals surface area (Å²) in [5.41, 5.74) is 3.03. The third kappa shape index (κ3) is 6.99. The predicted molar refractivity (Wildman–Crippen MR) is 116 cm³/mol. The molecule has 0 radical (unpaired) electrons. The van der Waals surface area contributed by atoms with E-state index in [1.165, 1.54) is 11.1 Å². The van der Waals surface area contributed by atoms with Crippen LogP contribution in [0, 0.1) is 6.92 Å². The zero-order valence-corrected chi connectivity index (χ0v) is 17.7. The molecule has 0 bridgehead atoms. The van der Waals surface area contributed by atoms with Crippen molar-refractivity contribution in [3.05, 3.63) is 65.5 Å². The SMILES string of the molecule is CN=C(NCCNC(=O)c1cccnc1)N(C)Cc1ccc(C)cc1.I. The number of aryl methyl sites for hydroxylation is 1. The molecule has 6 nitrogen and oxygen atoms in total. The second-order valence-electron chi connectivity index (χ2n) is 5.81. The highest BCUT2D eigenvalue weighted by atomic mass is 127. The zero-order valence-electron chi connectivity index (χ0n) is 15.4. The molecular weight excluding hydrogens is 441 g/mol. The van der Waals surface area contributed by atoms with Gasteiger partial charge in [0.25, 0.3) is 5.91 Å². The number of aromatic nitrogens is 1. The first-order valence-electron chi connectivity index (χ1n) is 8.25. The van der Waals surface area contributed by atoms with E-state index in [0.717, 1.165) is 12.5 Å². The maximum atomic E-state index is 11.9. The van der Waals surface area contributed by atoms with Gasteiger partial charge in [0, 0.05) is 46.1 Å². The summed E-state index contributed by atoms with van der Waals surface area (Å²) >= 11 is 0. The Kier molecular flexibility index (Phi) is 9.64. The number of rotatable bonds is 6. The van der Waals surface area contributed by atoms with Gasteiger partial charge in [-0.25, -0.2) is 0 Å². The molecule has 1 aromatic heterocycles. The van der Waals surface area contributed by atoms with Crippen LogP contribution >= 0.6 is 24.0 Å². The minimum absolute atomic E-state index is 0. The molecule has 1 amide bonds. The predicted octanol–water partition coefficient (Wildman–Crippen LogP) is 2.45. The fraction of sp³-hybridized carbons (Fsp3) is 0.316. The van der Waals surface area contributed by atoms with Crippen molar-refractivity contribution in [3.63, 3.8) is 0 Å². The highest BCUT2D eigenvalue weighted by Crippen LogP contribution is 2.05. The molecule has 0 unspecified atom stereocenters.